The van der Waals surface area contributed by atoms with Crippen molar-refractivity contribution in [2.75, 3.05) is 6.54 Å². The number of carbonyl (C=O) groups is 1. The van der Waals surface area contributed by atoms with E-state index in [0.29, 0.717) is 12.1 Å². The molecule has 1 N–H and O–H groups in total. The van der Waals surface area contributed by atoms with Crippen molar-refractivity contribution in [2.45, 2.75) is 57.8 Å². The van der Waals surface area contributed by atoms with Gasteiger partial charge in [-0.05, 0) is 75.5 Å². The van der Waals surface area contributed by atoms with Gasteiger partial charge in [0, 0.05) is 23.2 Å². The van der Waals surface area contributed by atoms with E-state index in [2.05, 4.69) is 11.4 Å². The van der Waals surface area contributed by atoms with Crippen LogP contribution in [-0.2, 0) is 12.8 Å². The molecule has 2 aliphatic rings. The smallest absolute Gasteiger partial charge is 0.251 e. The third-order valence-electron chi connectivity index (χ3n) is 5.57. The fourth-order valence-corrected chi connectivity index (χ4v) is 4.44. The van der Waals surface area contributed by atoms with Crippen LogP contribution < -0.4 is 5.32 Å². The summed E-state index contributed by atoms with van der Waals surface area (Å²) in [6.07, 6.45) is 12.6. The lowest BCUT2D eigenvalue weighted by Crippen LogP contribution is -2.24. The summed E-state index contributed by atoms with van der Waals surface area (Å²) >= 11 is 6.61. The van der Waals surface area contributed by atoms with Crippen molar-refractivity contribution < 1.29 is 4.79 Å². The quantitative estimate of drug-likeness (QED) is 0.735. The van der Waals surface area contributed by atoms with Crippen molar-refractivity contribution in [3.63, 3.8) is 0 Å². The van der Waals surface area contributed by atoms with Gasteiger partial charge in [0.05, 0.1) is 10.5 Å². The van der Waals surface area contributed by atoms with Crippen molar-refractivity contribution in [1.29, 1.82) is 0 Å². The molecule has 2 aromatic rings. The van der Waals surface area contributed by atoms with Crippen LogP contribution in [0.2, 0.25) is 5.02 Å². The number of aryl methyl sites for hydroxylation is 1. The molecule has 1 amide bonds. The number of nitrogens with one attached hydrogen (secondary N) is 1. The van der Waals surface area contributed by atoms with Crippen molar-refractivity contribution in [1.82, 2.24) is 10.3 Å². The molecule has 4 heteroatoms. The molecular weight excluding hydrogens is 344 g/mol. The van der Waals surface area contributed by atoms with E-state index in [1.165, 1.54) is 43.2 Å². The molecule has 1 aromatic heterocycles. The second-order valence-corrected chi connectivity index (χ2v) is 7.78. The summed E-state index contributed by atoms with van der Waals surface area (Å²) in [5.74, 6) is -0.0287. The maximum Gasteiger partial charge on any atom is 0.251 e. The lowest BCUT2D eigenvalue weighted by atomic mass is 9.94. The van der Waals surface area contributed by atoms with Gasteiger partial charge in [0.2, 0.25) is 0 Å². The van der Waals surface area contributed by atoms with Gasteiger partial charge in [-0.1, -0.05) is 29.3 Å². The molecule has 0 saturated heterocycles. The number of pyridine rings is 1. The van der Waals surface area contributed by atoms with E-state index in [-0.39, 0.29) is 5.91 Å². The lowest BCUT2D eigenvalue weighted by Gasteiger charge is -2.18. The van der Waals surface area contributed by atoms with Crippen LogP contribution >= 0.6 is 11.6 Å². The first-order valence-corrected chi connectivity index (χ1v) is 10.2. The van der Waals surface area contributed by atoms with Gasteiger partial charge < -0.3 is 5.32 Å². The zero-order valence-electron chi connectivity index (χ0n) is 15.1. The zero-order valence-corrected chi connectivity index (χ0v) is 15.9. The Bertz CT molecular complexity index is 872. The van der Waals surface area contributed by atoms with E-state index in [4.69, 9.17) is 16.6 Å². The highest BCUT2D eigenvalue weighted by Crippen LogP contribution is 2.33. The highest BCUT2D eigenvalue weighted by molar-refractivity contribution is 6.36. The molecule has 0 fully saturated rings. The van der Waals surface area contributed by atoms with Crippen molar-refractivity contribution in [2.24, 2.45) is 0 Å². The third kappa shape index (κ3) is 3.64. The summed E-state index contributed by atoms with van der Waals surface area (Å²) in [4.78, 5) is 17.3. The number of carbonyl (C=O) groups excluding carboxylic acids is 1. The fourth-order valence-electron chi connectivity index (χ4n) is 4.08. The number of allylic oxidation sites excluding steroid dienone is 1. The number of aromatic nitrogens is 1. The van der Waals surface area contributed by atoms with Crippen LogP contribution in [0.5, 0.6) is 0 Å². The maximum absolute atomic E-state index is 12.5. The van der Waals surface area contributed by atoms with Gasteiger partial charge >= 0.3 is 0 Å². The molecule has 0 atom stereocenters. The molecule has 3 nitrogen and oxygen atoms in total. The first-order valence-electron chi connectivity index (χ1n) is 9.79. The minimum atomic E-state index is -0.0287. The SMILES string of the molecule is O=C(NCCC1=CCCCC1)c1ccc2c(Cl)c3c(nc2c1)CCCC3. The molecule has 0 bridgehead atoms. The molecule has 1 aromatic carbocycles. The molecule has 0 aliphatic heterocycles. The highest BCUT2D eigenvalue weighted by atomic mass is 35.5. The van der Waals surface area contributed by atoms with Crippen LogP contribution in [0.1, 0.15) is 66.6 Å². The van der Waals surface area contributed by atoms with E-state index in [1.807, 2.05) is 18.2 Å². The number of amides is 1. The van der Waals surface area contributed by atoms with E-state index in [1.54, 1.807) is 0 Å². The predicted molar refractivity (Wildman–Crippen MR) is 107 cm³/mol. The van der Waals surface area contributed by atoms with Crippen LogP contribution in [0.3, 0.4) is 0 Å². The number of hydrogen-bond acceptors (Lipinski definition) is 2. The average molecular weight is 369 g/mol. The van der Waals surface area contributed by atoms with Crippen LogP contribution in [0.25, 0.3) is 10.9 Å². The topological polar surface area (TPSA) is 42.0 Å². The van der Waals surface area contributed by atoms with Crippen LogP contribution in [0.4, 0.5) is 0 Å². The Morgan fingerprint density at radius 2 is 1.96 bits per heavy atom. The van der Waals surface area contributed by atoms with Crippen molar-refractivity contribution in [3.05, 3.63) is 51.7 Å². The Balaban J connectivity index is 1.49. The number of fused-ring (bicyclic) bond motifs is 2. The van der Waals surface area contributed by atoms with Gasteiger partial charge in [-0.25, -0.2) is 0 Å². The second-order valence-electron chi connectivity index (χ2n) is 7.40. The van der Waals surface area contributed by atoms with Gasteiger partial charge in [-0.3, -0.25) is 9.78 Å². The number of rotatable bonds is 4. The van der Waals surface area contributed by atoms with Gasteiger partial charge in [0.25, 0.3) is 5.91 Å². The Kier molecular flexibility index (Phi) is 5.26. The number of nitrogens with zero attached hydrogens (tertiary/aromatic N) is 1. The van der Waals surface area contributed by atoms with Crippen molar-refractivity contribution in [3.8, 4) is 0 Å². The van der Waals surface area contributed by atoms with Crippen LogP contribution in [0, 0.1) is 0 Å². The first-order chi connectivity index (χ1) is 12.7. The summed E-state index contributed by atoms with van der Waals surface area (Å²) in [6.45, 7) is 0.696. The average Bonchev–Trinajstić information content (AvgIpc) is 2.68. The third-order valence-corrected chi connectivity index (χ3v) is 6.00. The Morgan fingerprint density at radius 1 is 1.12 bits per heavy atom. The minimum absolute atomic E-state index is 0.0287. The van der Waals surface area contributed by atoms with Crippen molar-refractivity contribution >= 4 is 28.4 Å². The lowest BCUT2D eigenvalue weighted by molar-refractivity contribution is 0.0954. The van der Waals surface area contributed by atoms with Crippen LogP contribution in [-0.4, -0.2) is 17.4 Å². The van der Waals surface area contributed by atoms with Gasteiger partial charge in [-0.2, -0.15) is 0 Å². The normalized spacial score (nSPS) is 16.9. The standard InChI is InChI=1S/C22H25ClN2O/c23-21-17-8-4-5-9-19(17)25-20-14-16(10-11-18(20)21)22(26)24-13-12-15-6-2-1-3-7-15/h6,10-11,14H,1-5,7-9,12-13H2,(H,24,26). The van der Waals surface area contributed by atoms with E-state index < -0.39 is 0 Å². The fraction of sp³-hybridized carbons (Fsp3) is 0.455. The van der Waals surface area contributed by atoms with E-state index in [0.717, 1.165) is 47.3 Å². The molecule has 4 rings (SSSR count). The number of benzene rings is 1. The summed E-state index contributed by atoms with van der Waals surface area (Å²) < 4.78 is 0. The highest BCUT2D eigenvalue weighted by Gasteiger charge is 2.18. The number of hydrogen-bond donors (Lipinski definition) is 1. The maximum atomic E-state index is 12.5. The summed E-state index contributed by atoms with van der Waals surface area (Å²) in [5, 5.41) is 4.82. The van der Waals surface area contributed by atoms with Gasteiger partial charge in [-0.15, -0.1) is 0 Å². The Morgan fingerprint density at radius 3 is 2.81 bits per heavy atom. The largest absolute Gasteiger partial charge is 0.352 e. The Hall–Kier alpha value is -1.87. The molecule has 136 valence electrons. The summed E-state index contributed by atoms with van der Waals surface area (Å²) in [6, 6.07) is 5.68. The van der Waals surface area contributed by atoms with Gasteiger partial charge in [0.1, 0.15) is 0 Å². The minimum Gasteiger partial charge on any atom is -0.352 e. The summed E-state index contributed by atoms with van der Waals surface area (Å²) in [5.41, 5.74) is 5.28. The molecule has 0 spiro atoms. The summed E-state index contributed by atoms with van der Waals surface area (Å²) in [7, 11) is 0. The molecule has 0 saturated carbocycles. The molecule has 0 radical (unpaired) electrons. The van der Waals surface area contributed by atoms with Crippen LogP contribution in [0.15, 0.2) is 29.8 Å². The Labute approximate surface area is 159 Å². The monoisotopic (exact) mass is 368 g/mol. The molecule has 0 unspecified atom stereocenters. The zero-order chi connectivity index (χ0) is 17.9. The van der Waals surface area contributed by atoms with E-state index in [9.17, 15) is 4.79 Å². The van der Waals surface area contributed by atoms with Gasteiger partial charge in [0.15, 0.2) is 0 Å². The molecule has 26 heavy (non-hydrogen) atoms. The number of halogens is 1. The second kappa shape index (κ2) is 7.79. The first kappa shape index (κ1) is 17.5. The molecule has 1 heterocycles. The van der Waals surface area contributed by atoms with E-state index >= 15 is 0 Å². The molecule has 2 aliphatic carbocycles. The molecular formula is C22H25ClN2O. The predicted octanol–water partition coefficient (Wildman–Crippen LogP) is 5.39.